The highest BCUT2D eigenvalue weighted by Crippen LogP contribution is 2.06. The van der Waals surface area contributed by atoms with Gasteiger partial charge in [-0.2, -0.15) is 11.8 Å². The van der Waals surface area contributed by atoms with Crippen LogP contribution in [0.25, 0.3) is 0 Å². The zero-order valence-corrected chi connectivity index (χ0v) is 9.57. The number of nitrogens with two attached hydrogens (primary N) is 1. The maximum atomic E-state index is 5.29. The third-order valence-electron chi connectivity index (χ3n) is 1.78. The summed E-state index contributed by atoms with van der Waals surface area (Å²) < 4.78 is 5.26. The number of hydrogen-bond donors (Lipinski definition) is 1. The molecular weight excluding hydrogens is 182 g/mol. The van der Waals surface area contributed by atoms with Crippen LogP contribution in [0.15, 0.2) is 0 Å². The summed E-state index contributed by atoms with van der Waals surface area (Å²) in [5.74, 6) is 2.40. The number of hydrogen-bond acceptors (Lipinski definition) is 3. The Morgan fingerprint density at radius 3 is 2.62 bits per heavy atom. The van der Waals surface area contributed by atoms with Gasteiger partial charge in [0.05, 0.1) is 13.2 Å². The van der Waals surface area contributed by atoms with Crippen molar-refractivity contribution in [2.45, 2.75) is 32.6 Å². The molecule has 0 aliphatic heterocycles. The van der Waals surface area contributed by atoms with Crippen molar-refractivity contribution in [1.29, 1.82) is 0 Å². The monoisotopic (exact) mass is 205 g/mol. The van der Waals surface area contributed by atoms with Gasteiger partial charge in [0.15, 0.2) is 0 Å². The van der Waals surface area contributed by atoms with Gasteiger partial charge in [0.25, 0.3) is 0 Å². The summed E-state index contributed by atoms with van der Waals surface area (Å²) in [5.41, 5.74) is 5.29. The van der Waals surface area contributed by atoms with E-state index in [-0.39, 0.29) is 0 Å². The number of thioether (sulfide) groups is 1. The molecule has 0 fully saturated rings. The van der Waals surface area contributed by atoms with Crippen LogP contribution in [0.3, 0.4) is 0 Å². The van der Waals surface area contributed by atoms with Crippen LogP contribution in [-0.4, -0.2) is 31.3 Å². The van der Waals surface area contributed by atoms with E-state index in [1.54, 1.807) is 0 Å². The highest BCUT2D eigenvalue weighted by Gasteiger charge is 1.90. The van der Waals surface area contributed by atoms with Gasteiger partial charge < -0.3 is 10.5 Å². The summed E-state index contributed by atoms with van der Waals surface area (Å²) in [6.45, 7) is 4.45. The van der Waals surface area contributed by atoms with Crippen molar-refractivity contribution in [1.82, 2.24) is 0 Å². The van der Waals surface area contributed by atoms with Gasteiger partial charge in [-0.25, -0.2) is 0 Å². The molecule has 0 bridgehead atoms. The van der Waals surface area contributed by atoms with Crippen molar-refractivity contribution in [3.63, 3.8) is 0 Å². The van der Waals surface area contributed by atoms with Crippen molar-refractivity contribution in [2.75, 3.05) is 31.3 Å². The fourth-order valence-corrected chi connectivity index (χ4v) is 1.88. The molecule has 0 atom stereocenters. The lowest BCUT2D eigenvalue weighted by atomic mass is 10.2. The number of ether oxygens (including phenoxy) is 1. The van der Waals surface area contributed by atoms with E-state index in [1.807, 2.05) is 11.8 Å². The Bertz CT molecular complexity index is 81.0. The van der Waals surface area contributed by atoms with Gasteiger partial charge in [-0.1, -0.05) is 26.2 Å². The first-order valence-electron chi connectivity index (χ1n) is 5.27. The summed E-state index contributed by atoms with van der Waals surface area (Å²) in [6.07, 6.45) is 5.44. The fourth-order valence-electron chi connectivity index (χ4n) is 1.04. The van der Waals surface area contributed by atoms with Crippen LogP contribution in [0.1, 0.15) is 32.6 Å². The van der Waals surface area contributed by atoms with Gasteiger partial charge in [-0.05, 0) is 12.2 Å². The zero-order valence-electron chi connectivity index (χ0n) is 8.76. The molecule has 2 nitrogen and oxygen atoms in total. The van der Waals surface area contributed by atoms with Crippen molar-refractivity contribution in [2.24, 2.45) is 5.73 Å². The number of unbranched alkanes of at least 4 members (excludes halogenated alkanes) is 3. The molecular formula is C10H23NOS. The average Bonchev–Trinajstić information content (AvgIpc) is 2.16. The predicted octanol–water partition coefficient (Wildman–Crippen LogP) is 2.28. The van der Waals surface area contributed by atoms with Crippen LogP contribution < -0.4 is 5.73 Å². The molecule has 0 saturated carbocycles. The van der Waals surface area contributed by atoms with Gasteiger partial charge in [0, 0.05) is 12.3 Å². The van der Waals surface area contributed by atoms with E-state index in [0.717, 1.165) is 12.4 Å². The molecule has 0 aromatic carbocycles. The molecule has 13 heavy (non-hydrogen) atoms. The zero-order chi connectivity index (χ0) is 9.78. The molecule has 0 aliphatic rings. The Morgan fingerprint density at radius 1 is 1.08 bits per heavy atom. The van der Waals surface area contributed by atoms with E-state index in [9.17, 15) is 0 Å². The first-order valence-corrected chi connectivity index (χ1v) is 6.42. The molecule has 0 unspecified atom stereocenters. The Kier molecular flexibility index (Phi) is 12.5. The lowest BCUT2D eigenvalue weighted by molar-refractivity contribution is 0.158. The second-order valence-electron chi connectivity index (χ2n) is 3.07. The fraction of sp³-hybridized carbons (Fsp3) is 1.00. The SMILES string of the molecule is CCCCCCSCCOCCN. The van der Waals surface area contributed by atoms with Crippen molar-refractivity contribution < 1.29 is 4.74 Å². The highest BCUT2D eigenvalue weighted by molar-refractivity contribution is 7.99. The third kappa shape index (κ3) is 12.3. The summed E-state index contributed by atoms with van der Waals surface area (Å²) in [6, 6.07) is 0. The second-order valence-corrected chi connectivity index (χ2v) is 4.30. The van der Waals surface area contributed by atoms with Gasteiger partial charge in [-0.15, -0.1) is 0 Å². The van der Waals surface area contributed by atoms with E-state index < -0.39 is 0 Å². The summed E-state index contributed by atoms with van der Waals surface area (Å²) in [5, 5.41) is 0. The topological polar surface area (TPSA) is 35.2 Å². The largest absolute Gasteiger partial charge is 0.379 e. The Hall–Kier alpha value is 0.270. The summed E-state index contributed by atoms with van der Waals surface area (Å²) in [7, 11) is 0. The lowest BCUT2D eigenvalue weighted by Crippen LogP contribution is -2.09. The van der Waals surface area contributed by atoms with Crippen molar-refractivity contribution in [3.05, 3.63) is 0 Å². The molecule has 0 saturated heterocycles. The van der Waals surface area contributed by atoms with Crippen LogP contribution in [0.5, 0.6) is 0 Å². The second kappa shape index (κ2) is 12.3. The summed E-state index contributed by atoms with van der Waals surface area (Å²) in [4.78, 5) is 0. The van der Waals surface area contributed by atoms with Crippen molar-refractivity contribution in [3.8, 4) is 0 Å². The van der Waals surface area contributed by atoms with Gasteiger partial charge >= 0.3 is 0 Å². The van der Waals surface area contributed by atoms with Crippen LogP contribution in [0.4, 0.5) is 0 Å². The smallest absolute Gasteiger partial charge is 0.0589 e. The molecule has 0 amide bonds. The first kappa shape index (κ1) is 13.3. The standard InChI is InChI=1S/C10H23NOS/c1-2-3-4-5-9-13-10-8-12-7-6-11/h2-11H2,1H3. The summed E-state index contributed by atoms with van der Waals surface area (Å²) >= 11 is 1.99. The van der Waals surface area contributed by atoms with Crippen LogP contribution in [-0.2, 0) is 4.74 Å². The van der Waals surface area contributed by atoms with Gasteiger partial charge in [0.2, 0.25) is 0 Å². The van der Waals surface area contributed by atoms with E-state index in [1.165, 1.54) is 31.4 Å². The van der Waals surface area contributed by atoms with E-state index in [0.29, 0.717) is 13.2 Å². The number of rotatable bonds is 10. The molecule has 0 aliphatic carbocycles. The predicted molar refractivity (Wildman–Crippen MR) is 61.3 cm³/mol. The molecule has 0 aromatic rings. The molecule has 2 N–H and O–H groups in total. The maximum absolute atomic E-state index is 5.29. The molecule has 3 heteroatoms. The highest BCUT2D eigenvalue weighted by atomic mass is 32.2. The first-order chi connectivity index (χ1) is 6.41. The Labute approximate surface area is 86.6 Å². The Morgan fingerprint density at radius 2 is 1.92 bits per heavy atom. The minimum absolute atomic E-state index is 0.640. The van der Waals surface area contributed by atoms with Crippen LogP contribution in [0.2, 0.25) is 0 Å². The van der Waals surface area contributed by atoms with E-state index in [4.69, 9.17) is 10.5 Å². The lowest BCUT2D eigenvalue weighted by Gasteiger charge is -2.02. The van der Waals surface area contributed by atoms with Crippen LogP contribution in [0, 0.1) is 0 Å². The minimum Gasteiger partial charge on any atom is -0.379 e. The normalized spacial score (nSPS) is 10.6. The Balaban J connectivity index is 2.76. The third-order valence-corrected chi connectivity index (χ3v) is 2.81. The maximum Gasteiger partial charge on any atom is 0.0589 e. The van der Waals surface area contributed by atoms with Gasteiger partial charge in [-0.3, -0.25) is 0 Å². The van der Waals surface area contributed by atoms with Crippen LogP contribution >= 0.6 is 11.8 Å². The molecule has 0 aromatic heterocycles. The van der Waals surface area contributed by atoms with Gasteiger partial charge in [0.1, 0.15) is 0 Å². The molecule has 0 heterocycles. The molecule has 80 valence electrons. The molecule has 0 rings (SSSR count). The van der Waals surface area contributed by atoms with E-state index >= 15 is 0 Å². The average molecular weight is 205 g/mol. The molecule has 0 spiro atoms. The minimum atomic E-state index is 0.640. The molecule has 0 radical (unpaired) electrons. The van der Waals surface area contributed by atoms with E-state index in [2.05, 4.69) is 6.92 Å². The van der Waals surface area contributed by atoms with Crippen molar-refractivity contribution >= 4 is 11.8 Å². The quantitative estimate of drug-likeness (QED) is 0.556.